The quantitative estimate of drug-likeness (QED) is 0.282. The van der Waals surface area contributed by atoms with Crippen LogP contribution in [0.15, 0.2) is 12.7 Å². The summed E-state index contributed by atoms with van der Waals surface area (Å²) in [5.41, 5.74) is 0. The van der Waals surface area contributed by atoms with Gasteiger partial charge in [-0.3, -0.25) is 4.18 Å². The minimum atomic E-state index is -3.53. The number of ether oxygens (including phenoxy) is 1. The van der Waals surface area contributed by atoms with Gasteiger partial charge in [0, 0.05) is 0 Å². The van der Waals surface area contributed by atoms with E-state index in [1.807, 2.05) is 0 Å². The molecule has 0 aliphatic carbocycles. The molecule has 0 heterocycles. The molecule has 7 heteroatoms. The maximum absolute atomic E-state index is 11.3. The number of hydrogen-bond acceptors (Lipinski definition) is 5. The summed E-state index contributed by atoms with van der Waals surface area (Å²) in [5.74, 6) is 0. The molecular weight excluding hydrogens is 296 g/mol. The Labute approximate surface area is 124 Å². The van der Waals surface area contributed by atoms with Crippen LogP contribution in [0.25, 0.3) is 0 Å². The van der Waals surface area contributed by atoms with Crippen molar-refractivity contribution in [2.75, 3.05) is 26.1 Å². The van der Waals surface area contributed by atoms with E-state index in [9.17, 15) is 8.42 Å². The lowest BCUT2D eigenvalue weighted by atomic mass is 10.2. The molecular formula is C13H28O5SSi. The van der Waals surface area contributed by atoms with E-state index in [0.717, 1.165) is 6.26 Å². The molecule has 20 heavy (non-hydrogen) atoms. The normalized spacial score (nSPS) is 15.1. The van der Waals surface area contributed by atoms with Gasteiger partial charge in [0.05, 0.1) is 26.1 Å². The van der Waals surface area contributed by atoms with Gasteiger partial charge in [0.2, 0.25) is 0 Å². The van der Waals surface area contributed by atoms with Gasteiger partial charge >= 0.3 is 0 Å². The highest BCUT2D eigenvalue weighted by molar-refractivity contribution is 7.86. The van der Waals surface area contributed by atoms with E-state index in [1.54, 1.807) is 6.08 Å². The average molecular weight is 325 g/mol. The summed E-state index contributed by atoms with van der Waals surface area (Å²) >= 11 is 0. The molecule has 0 aromatic carbocycles. The zero-order valence-electron chi connectivity index (χ0n) is 13.4. The first-order chi connectivity index (χ1) is 8.89. The van der Waals surface area contributed by atoms with Crippen molar-refractivity contribution in [3.63, 3.8) is 0 Å². The van der Waals surface area contributed by atoms with Gasteiger partial charge in [0.15, 0.2) is 8.32 Å². The van der Waals surface area contributed by atoms with Gasteiger partial charge < -0.3 is 9.16 Å². The molecule has 0 spiro atoms. The van der Waals surface area contributed by atoms with Crippen molar-refractivity contribution in [3.05, 3.63) is 12.7 Å². The van der Waals surface area contributed by atoms with Crippen LogP contribution in [0.4, 0.5) is 0 Å². The summed E-state index contributed by atoms with van der Waals surface area (Å²) < 4.78 is 38.8. The zero-order valence-corrected chi connectivity index (χ0v) is 15.2. The Kier molecular flexibility index (Phi) is 7.62. The summed E-state index contributed by atoms with van der Waals surface area (Å²) in [7, 11) is -5.48. The Morgan fingerprint density at radius 1 is 1.25 bits per heavy atom. The Morgan fingerprint density at radius 3 is 2.20 bits per heavy atom. The fraction of sp³-hybridized carbons (Fsp3) is 0.846. The van der Waals surface area contributed by atoms with Crippen molar-refractivity contribution in [1.82, 2.24) is 0 Å². The predicted octanol–water partition coefficient (Wildman–Crippen LogP) is 2.56. The molecule has 0 aromatic heterocycles. The van der Waals surface area contributed by atoms with Gasteiger partial charge in [-0.25, -0.2) is 0 Å². The zero-order chi connectivity index (χ0) is 16.0. The highest BCUT2D eigenvalue weighted by Gasteiger charge is 2.37. The SMILES string of the molecule is C=CCOC[C@@H](CO[Si](C)(C)C(C)(C)C)OS(C)(=O)=O. The topological polar surface area (TPSA) is 61.8 Å². The summed E-state index contributed by atoms with van der Waals surface area (Å²) in [5, 5.41) is 0.0601. The molecule has 0 rings (SSSR count). The van der Waals surface area contributed by atoms with Gasteiger partial charge in [-0.05, 0) is 18.1 Å². The van der Waals surface area contributed by atoms with Crippen LogP contribution in [0, 0.1) is 0 Å². The first kappa shape index (κ1) is 19.8. The van der Waals surface area contributed by atoms with E-state index in [0.29, 0.717) is 6.61 Å². The minimum absolute atomic E-state index is 0.0601. The van der Waals surface area contributed by atoms with Gasteiger partial charge in [0.1, 0.15) is 6.10 Å². The van der Waals surface area contributed by atoms with Crippen LogP contribution in [0.5, 0.6) is 0 Å². The third-order valence-electron chi connectivity index (χ3n) is 3.29. The minimum Gasteiger partial charge on any atom is -0.414 e. The molecule has 0 saturated carbocycles. The molecule has 0 aliphatic rings. The van der Waals surface area contributed by atoms with Crippen LogP contribution in [-0.2, 0) is 23.5 Å². The van der Waals surface area contributed by atoms with Gasteiger partial charge in [0.25, 0.3) is 10.1 Å². The highest BCUT2D eigenvalue weighted by Crippen LogP contribution is 2.36. The Bertz CT molecular complexity index is 397. The van der Waals surface area contributed by atoms with E-state index in [-0.39, 0.29) is 18.3 Å². The van der Waals surface area contributed by atoms with Gasteiger partial charge in [-0.15, -0.1) is 6.58 Å². The van der Waals surface area contributed by atoms with Crippen molar-refractivity contribution in [1.29, 1.82) is 0 Å². The molecule has 0 aliphatic heterocycles. The molecule has 0 fully saturated rings. The summed E-state index contributed by atoms with van der Waals surface area (Å²) in [4.78, 5) is 0. The van der Waals surface area contributed by atoms with Gasteiger partial charge in [-0.2, -0.15) is 8.42 Å². The van der Waals surface area contributed by atoms with E-state index in [2.05, 4.69) is 40.4 Å². The Balaban J connectivity index is 4.60. The molecule has 120 valence electrons. The lowest BCUT2D eigenvalue weighted by Gasteiger charge is -2.37. The number of rotatable bonds is 9. The summed E-state index contributed by atoms with van der Waals surface area (Å²) in [6, 6.07) is 0. The van der Waals surface area contributed by atoms with Crippen molar-refractivity contribution in [2.24, 2.45) is 0 Å². The molecule has 1 atom stereocenters. The molecule has 0 radical (unpaired) electrons. The van der Waals surface area contributed by atoms with Crippen LogP contribution in [0.3, 0.4) is 0 Å². The van der Waals surface area contributed by atoms with E-state index < -0.39 is 24.5 Å². The monoisotopic (exact) mass is 324 g/mol. The summed E-state index contributed by atoms with van der Waals surface area (Å²) in [6.07, 6.45) is 2.01. The molecule has 0 amide bonds. The van der Waals surface area contributed by atoms with Crippen LogP contribution < -0.4 is 0 Å². The predicted molar refractivity (Wildman–Crippen MR) is 83.9 cm³/mol. The second kappa shape index (κ2) is 7.70. The summed E-state index contributed by atoms with van der Waals surface area (Å²) in [6.45, 7) is 14.8. The van der Waals surface area contributed by atoms with E-state index >= 15 is 0 Å². The average Bonchev–Trinajstić information content (AvgIpc) is 2.22. The first-order valence-electron chi connectivity index (χ1n) is 6.60. The Hall–Kier alpha value is -0.213. The number of hydrogen-bond donors (Lipinski definition) is 0. The fourth-order valence-corrected chi connectivity index (χ4v) is 2.79. The van der Waals surface area contributed by atoms with E-state index in [1.165, 1.54) is 0 Å². The lowest BCUT2D eigenvalue weighted by Crippen LogP contribution is -2.44. The molecule has 0 bridgehead atoms. The Morgan fingerprint density at radius 2 is 1.80 bits per heavy atom. The maximum Gasteiger partial charge on any atom is 0.264 e. The molecule has 0 unspecified atom stereocenters. The largest absolute Gasteiger partial charge is 0.414 e. The smallest absolute Gasteiger partial charge is 0.264 e. The molecule has 5 nitrogen and oxygen atoms in total. The molecule has 0 saturated heterocycles. The molecule has 0 aromatic rings. The standard InChI is InChI=1S/C13H28O5SSi/c1-8-9-16-10-12(18-19(5,14)15)11-17-20(6,7)13(2,3)4/h8,12H,1,9-11H2,2-7H3/t12-/m0/s1. The first-order valence-corrected chi connectivity index (χ1v) is 11.3. The van der Waals surface area contributed by atoms with Crippen molar-refractivity contribution in [2.45, 2.75) is 45.0 Å². The fourth-order valence-electron chi connectivity index (χ4n) is 1.15. The third-order valence-corrected chi connectivity index (χ3v) is 8.41. The van der Waals surface area contributed by atoms with Gasteiger partial charge in [-0.1, -0.05) is 26.8 Å². The van der Waals surface area contributed by atoms with E-state index in [4.69, 9.17) is 13.3 Å². The lowest BCUT2D eigenvalue weighted by molar-refractivity contribution is 0.0368. The van der Waals surface area contributed by atoms with Crippen molar-refractivity contribution in [3.8, 4) is 0 Å². The highest BCUT2D eigenvalue weighted by atomic mass is 32.2. The maximum atomic E-state index is 11.3. The van der Waals surface area contributed by atoms with Crippen molar-refractivity contribution >= 4 is 18.4 Å². The van der Waals surface area contributed by atoms with Crippen molar-refractivity contribution < 1.29 is 21.8 Å². The van der Waals surface area contributed by atoms with Crippen LogP contribution in [0.2, 0.25) is 18.1 Å². The van der Waals surface area contributed by atoms with Crippen LogP contribution in [0.1, 0.15) is 20.8 Å². The second-order valence-corrected chi connectivity index (χ2v) is 12.7. The third kappa shape index (κ3) is 8.16. The van der Waals surface area contributed by atoms with Crippen LogP contribution >= 0.6 is 0 Å². The van der Waals surface area contributed by atoms with Crippen LogP contribution in [-0.4, -0.2) is 48.9 Å². The molecule has 0 N–H and O–H groups in total. The second-order valence-electron chi connectivity index (χ2n) is 6.32.